The molecular weight excluding hydrogens is 336 g/mol. The van der Waals surface area contributed by atoms with Gasteiger partial charge in [-0.25, -0.2) is 9.97 Å². The molecule has 4 heterocycles. The molecule has 7 nitrogen and oxygen atoms in total. The second-order valence-corrected chi connectivity index (χ2v) is 6.79. The third-order valence-electron chi connectivity index (χ3n) is 4.39. The zero-order valence-electron chi connectivity index (χ0n) is 14.6. The Kier molecular flexibility index (Phi) is 3.91. The van der Waals surface area contributed by atoms with Crippen LogP contribution in [0.5, 0.6) is 0 Å². The molecule has 3 aromatic rings. The first-order valence-electron chi connectivity index (χ1n) is 7.98. The van der Waals surface area contributed by atoms with Gasteiger partial charge in [0.05, 0.1) is 41.4 Å². The molecule has 1 aliphatic heterocycles. The largest absolute Gasteiger partial charge is 0.361 e. The van der Waals surface area contributed by atoms with E-state index in [4.69, 9.17) is 14.5 Å². The van der Waals surface area contributed by atoms with Crippen LogP contribution < -0.4 is 4.90 Å². The fourth-order valence-corrected chi connectivity index (χ4v) is 3.54. The SMILES string of the molecule is CSc1nc(-c2c(C)noc2C)c(C)c(N2Cc3nccnc3C2)n1. The van der Waals surface area contributed by atoms with Crippen molar-refractivity contribution in [3.8, 4) is 11.3 Å². The maximum Gasteiger partial charge on any atom is 0.189 e. The van der Waals surface area contributed by atoms with Crippen molar-refractivity contribution in [2.45, 2.75) is 39.0 Å². The lowest BCUT2D eigenvalue weighted by molar-refractivity contribution is 0.393. The standard InChI is InChI=1S/C17H18N6OS/c1-9-15(14-10(2)22-24-11(14)3)20-17(25-4)21-16(9)23-7-12-13(8-23)19-6-5-18-12/h5-6H,7-8H2,1-4H3. The van der Waals surface area contributed by atoms with Gasteiger partial charge in [-0.3, -0.25) is 9.97 Å². The summed E-state index contributed by atoms with van der Waals surface area (Å²) in [6, 6.07) is 0. The summed E-state index contributed by atoms with van der Waals surface area (Å²) in [6.07, 6.45) is 5.45. The van der Waals surface area contributed by atoms with Crippen molar-refractivity contribution in [3.05, 3.63) is 40.8 Å². The first kappa shape index (κ1) is 16.0. The average Bonchev–Trinajstić information content (AvgIpc) is 3.18. The van der Waals surface area contributed by atoms with Gasteiger partial charge in [-0.05, 0) is 27.0 Å². The predicted molar refractivity (Wildman–Crippen MR) is 95.4 cm³/mol. The number of anilines is 1. The molecular formula is C17H18N6OS. The highest BCUT2D eigenvalue weighted by atomic mass is 32.2. The van der Waals surface area contributed by atoms with Crippen LogP contribution in [0.2, 0.25) is 0 Å². The van der Waals surface area contributed by atoms with Crippen LogP contribution in [-0.2, 0) is 13.1 Å². The Bertz CT molecular complexity index is 910. The Morgan fingerprint density at radius 1 is 1.04 bits per heavy atom. The Morgan fingerprint density at radius 2 is 1.72 bits per heavy atom. The average molecular weight is 354 g/mol. The number of rotatable bonds is 3. The van der Waals surface area contributed by atoms with E-state index in [2.05, 4.69) is 20.0 Å². The summed E-state index contributed by atoms with van der Waals surface area (Å²) in [5.41, 5.74) is 5.69. The van der Waals surface area contributed by atoms with Gasteiger partial charge >= 0.3 is 0 Å². The first-order chi connectivity index (χ1) is 12.1. The zero-order chi connectivity index (χ0) is 17.6. The number of aromatic nitrogens is 5. The number of fused-ring (bicyclic) bond motifs is 1. The molecule has 3 aromatic heterocycles. The lowest BCUT2D eigenvalue weighted by Gasteiger charge is -2.20. The fraction of sp³-hybridized carbons (Fsp3) is 0.353. The maximum atomic E-state index is 5.34. The van der Waals surface area contributed by atoms with Crippen molar-refractivity contribution in [2.24, 2.45) is 0 Å². The molecule has 0 bridgehead atoms. The van der Waals surface area contributed by atoms with Gasteiger partial charge in [0.25, 0.3) is 0 Å². The van der Waals surface area contributed by atoms with E-state index >= 15 is 0 Å². The second-order valence-electron chi connectivity index (χ2n) is 6.01. The molecule has 8 heteroatoms. The summed E-state index contributed by atoms with van der Waals surface area (Å²) < 4.78 is 5.34. The first-order valence-corrected chi connectivity index (χ1v) is 9.20. The van der Waals surface area contributed by atoms with Crippen molar-refractivity contribution in [3.63, 3.8) is 0 Å². The van der Waals surface area contributed by atoms with E-state index < -0.39 is 0 Å². The molecule has 0 radical (unpaired) electrons. The van der Waals surface area contributed by atoms with Crippen LogP contribution in [-0.4, -0.2) is 31.3 Å². The van der Waals surface area contributed by atoms with Crippen LogP contribution in [0.3, 0.4) is 0 Å². The molecule has 0 spiro atoms. The van der Waals surface area contributed by atoms with E-state index in [1.807, 2.05) is 27.0 Å². The minimum atomic E-state index is 0.704. The third kappa shape index (κ3) is 2.66. The molecule has 25 heavy (non-hydrogen) atoms. The quantitative estimate of drug-likeness (QED) is 0.524. The number of hydrogen-bond donors (Lipinski definition) is 0. The Balaban J connectivity index is 1.83. The molecule has 0 aliphatic carbocycles. The lowest BCUT2D eigenvalue weighted by Crippen LogP contribution is -2.19. The maximum absolute atomic E-state index is 5.34. The van der Waals surface area contributed by atoms with Crippen molar-refractivity contribution >= 4 is 17.6 Å². The van der Waals surface area contributed by atoms with Gasteiger partial charge in [0.1, 0.15) is 11.6 Å². The molecule has 0 N–H and O–H groups in total. The number of aryl methyl sites for hydroxylation is 2. The molecule has 0 atom stereocenters. The predicted octanol–water partition coefficient (Wildman–Crippen LogP) is 3.09. The van der Waals surface area contributed by atoms with E-state index in [-0.39, 0.29) is 0 Å². The highest BCUT2D eigenvalue weighted by Gasteiger charge is 2.27. The topological polar surface area (TPSA) is 80.8 Å². The Hall–Kier alpha value is -2.48. The van der Waals surface area contributed by atoms with Crippen LogP contribution in [0.1, 0.15) is 28.4 Å². The summed E-state index contributed by atoms with van der Waals surface area (Å²) in [5, 5.41) is 4.80. The zero-order valence-corrected chi connectivity index (χ0v) is 15.4. The Morgan fingerprint density at radius 3 is 2.28 bits per heavy atom. The molecule has 4 rings (SSSR count). The van der Waals surface area contributed by atoms with Crippen LogP contribution in [0, 0.1) is 20.8 Å². The summed E-state index contributed by atoms with van der Waals surface area (Å²) in [7, 11) is 0. The highest BCUT2D eigenvalue weighted by molar-refractivity contribution is 7.98. The summed E-state index contributed by atoms with van der Waals surface area (Å²) in [6.45, 7) is 7.30. The molecule has 0 saturated carbocycles. The van der Waals surface area contributed by atoms with Gasteiger partial charge in [0, 0.05) is 18.0 Å². The van der Waals surface area contributed by atoms with Crippen LogP contribution in [0.15, 0.2) is 22.1 Å². The van der Waals surface area contributed by atoms with Crippen molar-refractivity contribution in [2.75, 3.05) is 11.2 Å². The summed E-state index contributed by atoms with van der Waals surface area (Å²) in [5.74, 6) is 1.68. The van der Waals surface area contributed by atoms with E-state index in [1.54, 1.807) is 12.4 Å². The Labute approximate surface area is 149 Å². The van der Waals surface area contributed by atoms with Gasteiger partial charge in [0.15, 0.2) is 5.16 Å². The smallest absolute Gasteiger partial charge is 0.189 e. The van der Waals surface area contributed by atoms with Crippen molar-refractivity contribution in [1.82, 2.24) is 25.1 Å². The van der Waals surface area contributed by atoms with Crippen LogP contribution >= 0.6 is 11.8 Å². The van der Waals surface area contributed by atoms with Gasteiger partial charge in [-0.1, -0.05) is 16.9 Å². The van der Waals surface area contributed by atoms with E-state index in [0.717, 1.165) is 50.6 Å². The summed E-state index contributed by atoms with van der Waals surface area (Å²) >= 11 is 1.53. The number of thioether (sulfide) groups is 1. The fourth-order valence-electron chi connectivity index (χ4n) is 3.18. The molecule has 1 aliphatic rings. The monoisotopic (exact) mass is 354 g/mol. The van der Waals surface area contributed by atoms with Crippen LogP contribution in [0.25, 0.3) is 11.3 Å². The van der Waals surface area contributed by atoms with Crippen LogP contribution in [0.4, 0.5) is 5.82 Å². The lowest BCUT2D eigenvalue weighted by atomic mass is 10.1. The normalized spacial score (nSPS) is 13.4. The molecule has 128 valence electrons. The van der Waals surface area contributed by atoms with Gasteiger partial charge < -0.3 is 9.42 Å². The molecule has 0 unspecified atom stereocenters. The molecule has 0 aromatic carbocycles. The minimum absolute atomic E-state index is 0.704. The van der Waals surface area contributed by atoms with Crippen molar-refractivity contribution in [1.29, 1.82) is 0 Å². The molecule has 0 fully saturated rings. The summed E-state index contributed by atoms with van der Waals surface area (Å²) in [4.78, 5) is 20.5. The van der Waals surface area contributed by atoms with E-state index in [9.17, 15) is 0 Å². The second kappa shape index (κ2) is 6.11. The van der Waals surface area contributed by atoms with Gasteiger partial charge in [-0.15, -0.1) is 0 Å². The highest BCUT2D eigenvalue weighted by Crippen LogP contribution is 2.35. The third-order valence-corrected chi connectivity index (χ3v) is 4.94. The number of nitrogens with zero attached hydrogens (tertiary/aromatic N) is 6. The number of hydrogen-bond acceptors (Lipinski definition) is 8. The minimum Gasteiger partial charge on any atom is -0.361 e. The van der Waals surface area contributed by atoms with E-state index in [0.29, 0.717) is 13.1 Å². The van der Waals surface area contributed by atoms with Gasteiger partial charge in [0.2, 0.25) is 0 Å². The molecule has 0 saturated heterocycles. The van der Waals surface area contributed by atoms with E-state index in [1.165, 1.54) is 11.8 Å². The van der Waals surface area contributed by atoms with Crippen molar-refractivity contribution < 1.29 is 4.52 Å². The van der Waals surface area contributed by atoms with Gasteiger partial charge in [-0.2, -0.15) is 0 Å². The molecule has 0 amide bonds.